The number of benzene rings is 3. The van der Waals surface area contributed by atoms with Crippen LogP contribution in [0.2, 0.25) is 0 Å². The molecule has 0 fully saturated rings. The highest BCUT2D eigenvalue weighted by atomic mass is 32.7. The van der Waals surface area contributed by atoms with Gasteiger partial charge in [0.2, 0.25) is 0 Å². The molecule has 1 aliphatic heterocycles. The molecule has 1 heterocycles. The van der Waals surface area contributed by atoms with Gasteiger partial charge in [0.05, 0.1) is 0 Å². The van der Waals surface area contributed by atoms with Gasteiger partial charge < -0.3 is 16.8 Å². The number of hydrogen-bond donors (Lipinski definition) is 1. The van der Waals surface area contributed by atoms with Gasteiger partial charge in [0.1, 0.15) is 5.30 Å². The van der Waals surface area contributed by atoms with E-state index in [-0.39, 0.29) is 0 Å². The molecule has 4 rings (SSSR count). The Morgan fingerprint density at radius 3 is 2.29 bits per heavy atom. The maximum absolute atomic E-state index is 6.30. The van der Waals surface area contributed by atoms with Gasteiger partial charge in [-0.25, -0.2) is 0 Å². The van der Waals surface area contributed by atoms with Crippen molar-refractivity contribution < 1.29 is 4.52 Å². The second kappa shape index (κ2) is 6.60. The molecule has 0 amide bonds. The van der Waals surface area contributed by atoms with Crippen LogP contribution in [0.4, 0.5) is 0 Å². The summed E-state index contributed by atoms with van der Waals surface area (Å²) in [7, 11) is 0. The lowest BCUT2D eigenvalue weighted by Crippen LogP contribution is -2.32. The molecule has 1 N–H and O–H groups in total. The predicted molar refractivity (Wildman–Crippen MR) is 105 cm³/mol. The molecule has 1 unspecified atom stereocenters. The van der Waals surface area contributed by atoms with Gasteiger partial charge in [0.25, 0.3) is 0 Å². The van der Waals surface area contributed by atoms with Gasteiger partial charge >= 0.3 is 0 Å². The minimum atomic E-state index is -2.29. The minimum Gasteiger partial charge on any atom is -0.490 e. The number of nitrogens with one attached hydrogen (secondary N) is 1. The molecule has 120 valence electrons. The van der Waals surface area contributed by atoms with Crippen molar-refractivity contribution >= 4 is 24.4 Å². The Balaban J connectivity index is 1.61. The van der Waals surface area contributed by atoms with Crippen LogP contribution < -0.4 is 14.9 Å². The van der Waals surface area contributed by atoms with Crippen molar-refractivity contribution in [1.29, 1.82) is 0 Å². The number of para-hydroxylation sites is 1. The number of rotatable bonds is 4. The molecule has 24 heavy (non-hydrogen) atoms. The standard InChI is InChI=1S/C20H18NOPS/c24-23(21-15-14-16-8-2-1-3-9-16)20-13-7-5-11-18(20)17-10-4-6-12-19(17)22-23/h1-13H,14-15H2,(H,21,24). The van der Waals surface area contributed by atoms with E-state index >= 15 is 0 Å². The first kappa shape index (κ1) is 15.7. The number of fused-ring (bicyclic) bond motifs is 3. The lowest BCUT2D eigenvalue weighted by atomic mass is 10.0. The zero-order chi connectivity index (χ0) is 16.4. The van der Waals surface area contributed by atoms with Crippen molar-refractivity contribution in [3.05, 3.63) is 84.4 Å². The minimum absolute atomic E-state index is 0.803. The fourth-order valence-corrected chi connectivity index (χ4v) is 5.99. The van der Waals surface area contributed by atoms with Crippen molar-refractivity contribution in [3.8, 4) is 16.9 Å². The fourth-order valence-electron chi connectivity index (χ4n) is 3.02. The summed E-state index contributed by atoms with van der Waals surface area (Å²) in [5.74, 6) is 0.881. The van der Waals surface area contributed by atoms with Gasteiger partial charge in [-0.3, -0.25) is 0 Å². The van der Waals surface area contributed by atoms with E-state index in [2.05, 4.69) is 53.6 Å². The first-order valence-corrected chi connectivity index (χ1v) is 10.8. The van der Waals surface area contributed by atoms with E-state index < -0.39 is 6.84 Å². The van der Waals surface area contributed by atoms with Crippen LogP contribution in [0.25, 0.3) is 11.1 Å². The van der Waals surface area contributed by atoms with Gasteiger partial charge in [-0.05, 0) is 24.1 Å². The summed E-state index contributed by atoms with van der Waals surface area (Å²) in [6.07, 6.45) is 0.937. The second-order valence-electron chi connectivity index (χ2n) is 5.80. The quantitative estimate of drug-likeness (QED) is 0.552. The molecule has 0 bridgehead atoms. The zero-order valence-corrected chi connectivity index (χ0v) is 14.9. The van der Waals surface area contributed by atoms with Crippen LogP contribution in [0, 0.1) is 0 Å². The third kappa shape index (κ3) is 2.95. The highest BCUT2D eigenvalue weighted by Gasteiger charge is 2.37. The molecular weight excluding hydrogens is 333 g/mol. The maximum Gasteiger partial charge on any atom is 0.181 e. The van der Waals surface area contributed by atoms with Crippen molar-refractivity contribution in [2.45, 2.75) is 6.42 Å². The van der Waals surface area contributed by atoms with E-state index in [9.17, 15) is 0 Å². The summed E-state index contributed by atoms with van der Waals surface area (Å²) in [6.45, 7) is -1.49. The Bertz CT molecular complexity index is 855. The van der Waals surface area contributed by atoms with E-state index in [1.165, 1.54) is 11.1 Å². The van der Waals surface area contributed by atoms with E-state index in [1.807, 2.05) is 30.3 Å². The van der Waals surface area contributed by atoms with Crippen molar-refractivity contribution in [1.82, 2.24) is 5.09 Å². The second-order valence-corrected chi connectivity index (χ2v) is 9.43. The number of hydrogen-bond acceptors (Lipinski definition) is 3. The third-order valence-corrected chi connectivity index (χ3v) is 7.52. The van der Waals surface area contributed by atoms with Crippen molar-refractivity contribution in [2.75, 3.05) is 6.54 Å². The Labute approximate surface area is 148 Å². The summed E-state index contributed by atoms with van der Waals surface area (Å²) in [5, 5.41) is 4.66. The molecule has 0 aliphatic carbocycles. The first-order valence-electron chi connectivity index (χ1n) is 8.04. The SMILES string of the molecule is [S-][P+]1(NCCc2ccccc2)Oc2ccccc2-c2ccccc21. The zero-order valence-electron chi connectivity index (χ0n) is 13.2. The van der Waals surface area contributed by atoms with Crippen LogP contribution in [-0.4, -0.2) is 6.54 Å². The molecule has 1 aliphatic rings. The molecule has 0 saturated carbocycles. The monoisotopic (exact) mass is 351 g/mol. The summed E-state index contributed by atoms with van der Waals surface area (Å²) in [4.78, 5) is 0. The molecule has 0 radical (unpaired) electrons. The van der Waals surface area contributed by atoms with Crippen molar-refractivity contribution in [2.24, 2.45) is 0 Å². The van der Waals surface area contributed by atoms with Crippen LogP contribution in [0.15, 0.2) is 78.9 Å². The van der Waals surface area contributed by atoms with Crippen LogP contribution in [0.5, 0.6) is 5.75 Å². The van der Waals surface area contributed by atoms with Crippen molar-refractivity contribution in [3.63, 3.8) is 0 Å². The maximum atomic E-state index is 6.30. The van der Waals surface area contributed by atoms with E-state index in [1.54, 1.807) is 0 Å². The lowest BCUT2D eigenvalue weighted by molar-refractivity contribution is 0.600. The van der Waals surface area contributed by atoms with Crippen LogP contribution in [0.1, 0.15) is 5.56 Å². The molecule has 3 aromatic carbocycles. The average molecular weight is 351 g/mol. The van der Waals surface area contributed by atoms with Gasteiger partial charge in [-0.2, -0.15) is 5.09 Å². The summed E-state index contributed by atoms with van der Waals surface area (Å²) < 4.78 is 6.30. The van der Waals surface area contributed by atoms with Gasteiger partial charge in [-0.15, -0.1) is 0 Å². The summed E-state index contributed by atoms with van der Waals surface area (Å²) >= 11 is 5.98. The fraction of sp³-hybridized carbons (Fsp3) is 0.100. The Morgan fingerprint density at radius 2 is 1.46 bits per heavy atom. The van der Waals surface area contributed by atoms with Gasteiger partial charge in [-0.1, -0.05) is 66.7 Å². The predicted octanol–water partition coefficient (Wildman–Crippen LogP) is 4.51. The Hall–Kier alpha value is -1.80. The summed E-state index contributed by atoms with van der Waals surface area (Å²) in [6, 6.07) is 26.9. The normalized spacial score (nSPS) is 18.4. The van der Waals surface area contributed by atoms with Gasteiger partial charge in [0.15, 0.2) is 12.6 Å². The van der Waals surface area contributed by atoms with Crippen LogP contribution in [-0.2, 0) is 18.7 Å². The topological polar surface area (TPSA) is 21.3 Å². The highest BCUT2D eigenvalue weighted by Crippen LogP contribution is 2.58. The molecule has 0 aromatic heterocycles. The Morgan fingerprint density at radius 1 is 0.792 bits per heavy atom. The lowest BCUT2D eigenvalue weighted by Gasteiger charge is -2.36. The Kier molecular flexibility index (Phi) is 4.32. The molecule has 2 nitrogen and oxygen atoms in total. The largest absolute Gasteiger partial charge is 0.490 e. The molecule has 0 saturated heterocycles. The van der Waals surface area contributed by atoms with E-state index in [4.69, 9.17) is 16.8 Å². The van der Waals surface area contributed by atoms with Crippen LogP contribution >= 0.6 is 6.84 Å². The van der Waals surface area contributed by atoms with E-state index in [0.29, 0.717) is 0 Å². The smallest absolute Gasteiger partial charge is 0.181 e. The molecule has 0 spiro atoms. The average Bonchev–Trinajstić information content (AvgIpc) is 2.63. The van der Waals surface area contributed by atoms with E-state index in [0.717, 1.165) is 29.6 Å². The van der Waals surface area contributed by atoms with Gasteiger partial charge in [0, 0.05) is 17.7 Å². The molecule has 4 heteroatoms. The third-order valence-electron chi connectivity index (χ3n) is 4.20. The summed E-state index contributed by atoms with van der Waals surface area (Å²) in [5.41, 5.74) is 3.62. The molecule has 1 atom stereocenters. The first-order chi connectivity index (χ1) is 11.8. The highest BCUT2D eigenvalue weighted by molar-refractivity contribution is 8.42. The molecular formula is C20H18NOPS. The van der Waals surface area contributed by atoms with Crippen LogP contribution in [0.3, 0.4) is 0 Å². The molecule has 3 aromatic rings.